The molecule has 2 nitrogen and oxygen atoms in total. The molecule has 1 N–H and O–H groups in total. The molecule has 0 unspecified atom stereocenters. The van der Waals surface area contributed by atoms with Gasteiger partial charge in [-0.3, -0.25) is 4.99 Å². The van der Waals surface area contributed by atoms with E-state index in [9.17, 15) is 0 Å². The summed E-state index contributed by atoms with van der Waals surface area (Å²) in [6.45, 7) is 13.8. The molecule has 78 valence electrons. The second kappa shape index (κ2) is 6.19. The monoisotopic (exact) mass is 192 g/mol. The molecule has 0 bridgehead atoms. The van der Waals surface area contributed by atoms with Gasteiger partial charge in [-0.25, -0.2) is 0 Å². The van der Waals surface area contributed by atoms with Crippen molar-refractivity contribution in [3.8, 4) is 0 Å². The summed E-state index contributed by atoms with van der Waals surface area (Å²) in [7, 11) is 1.75. The summed E-state index contributed by atoms with van der Waals surface area (Å²) in [6.07, 6.45) is 3.45. The molecular weight excluding hydrogens is 172 g/mol. The quantitative estimate of drug-likeness (QED) is 0.413. The number of amidine groups is 1. The molecular formula is C12H20N2. The van der Waals surface area contributed by atoms with E-state index in [2.05, 4.69) is 44.2 Å². The number of nitrogens with zero attached hydrogens (tertiary/aromatic N) is 1. The highest BCUT2D eigenvalue weighted by Crippen LogP contribution is 2.15. The van der Waals surface area contributed by atoms with Gasteiger partial charge in [0.1, 0.15) is 5.84 Å². The first-order valence-corrected chi connectivity index (χ1v) is 4.76. The van der Waals surface area contributed by atoms with E-state index in [1.54, 1.807) is 13.2 Å². The third kappa shape index (κ3) is 3.21. The molecule has 0 aromatic carbocycles. The zero-order valence-electron chi connectivity index (χ0n) is 9.59. The maximum Gasteiger partial charge on any atom is 0.131 e. The van der Waals surface area contributed by atoms with Crippen LogP contribution in [0.4, 0.5) is 0 Å². The van der Waals surface area contributed by atoms with Crippen molar-refractivity contribution in [3.05, 3.63) is 36.6 Å². The molecule has 0 aromatic heterocycles. The van der Waals surface area contributed by atoms with Crippen molar-refractivity contribution in [2.24, 2.45) is 10.9 Å². The molecule has 0 radical (unpaired) electrons. The Morgan fingerprint density at radius 3 is 2.21 bits per heavy atom. The Hall–Kier alpha value is -1.31. The van der Waals surface area contributed by atoms with Crippen molar-refractivity contribution in [3.63, 3.8) is 0 Å². The Kier molecular flexibility index (Phi) is 5.61. The topological polar surface area (TPSA) is 24.4 Å². The lowest BCUT2D eigenvalue weighted by molar-refractivity contribution is 0.765. The van der Waals surface area contributed by atoms with E-state index in [-0.39, 0.29) is 0 Å². The largest absolute Gasteiger partial charge is 0.347 e. The van der Waals surface area contributed by atoms with Gasteiger partial charge in [0.15, 0.2) is 0 Å². The number of hydrogen-bond donors (Lipinski definition) is 1. The van der Waals surface area contributed by atoms with Gasteiger partial charge in [0.2, 0.25) is 0 Å². The van der Waals surface area contributed by atoms with Crippen LogP contribution in [0.3, 0.4) is 0 Å². The highest BCUT2D eigenvalue weighted by Gasteiger charge is 2.07. The predicted molar refractivity (Wildman–Crippen MR) is 64.4 cm³/mol. The third-order valence-electron chi connectivity index (χ3n) is 2.21. The summed E-state index contributed by atoms with van der Waals surface area (Å²) < 4.78 is 0. The van der Waals surface area contributed by atoms with Crippen molar-refractivity contribution in [1.82, 2.24) is 5.32 Å². The Bertz CT molecular complexity index is 270. The summed E-state index contributed by atoms with van der Waals surface area (Å²) in [5.74, 6) is 1.31. The smallest absolute Gasteiger partial charge is 0.131 e. The maximum atomic E-state index is 4.16. The van der Waals surface area contributed by atoms with Crippen LogP contribution in [0.25, 0.3) is 0 Å². The lowest BCUT2D eigenvalue weighted by atomic mass is 9.98. The lowest BCUT2D eigenvalue weighted by Crippen LogP contribution is -2.20. The van der Waals surface area contributed by atoms with Gasteiger partial charge in [-0.05, 0) is 19.0 Å². The molecule has 0 saturated heterocycles. The predicted octanol–water partition coefficient (Wildman–Crippen LogP) is 2.91. The lowest BCUT2D eigenvalue weighted by Gasteiger charge is -2.13. The Morgan fingerprint density at radius 2 is 1.93 bits per heavy atom. The highest BCUT2D eigenvalue weighted by molar-refractivity contribution is 6.01. The van der Waals surface area contributed by atoms with Gasteiger partial charge in [0.25, 0.3) is 0 Å². The zero-order chi connectivity index (χ0) is 11.1. The molecule has 0 aromatic rings. The molecule has 0 fully saturated rings. The van der Waals surface area contributed by atoms with E-state index >= 15 is 0 Å². The molecule has 0 heterocycles. The number of nitrogens with one attached hydrogen (secondary N) is 1. The van der Waals surface area contributed by atoms with E-state index in [0.717, 1.165) is 11.4 Å². The molecule has 0 aliphatic carbocycles. The van der Waals surface area contributed by atoms with Gasteiger partial charge in [0, 0.05) is 12.6 Å². The summed E-state index contributed by atoms with van der Waals surface area (Å²) in [5, 5.41) is 3.00. The fourth-order valence-corrected chi connectivity index (χ4v) is 1.11. The van der Waals surface area contributed by atoms with Crippen LogP contribution < -0.4 is 5.32 Å². The fourth-order valence-electron chi connectivity index (χ4n) is 1.11. The minimum absolute atomic E-state index is 0.492. The van der Waals surface area contributed by atoms with E-state index in [4.69, 9.17) is 0 Å². The Balaban J connectivity index is 5.14. The van der Waals surface area contributed by atoms with Gasteiger partial charge in [-0.2, -0.15) is 0 Å². The molecule has 0 spiro atoms. The summed E-state index contributed by atoms with van der Waals surface area (Å²) in [6, 6.07) is 0. The fraction of sp³-hybridized carbons (Fsp3) is 0.417. The molecule has 14 heavy (non-hydrogen) atoms. The van der Waals surface area contributed by atoms with Gasteiger partial charge in [-0.1, -0.05) is 38.7 Å². The zero-order valence-corrected chi connectivity index (χ0v) is 9.59. The average Bonchev–Trinajstić information content (AvgIpc) is 2.17. The van der Waals surface area contributed by atoms with Gasteiger partial charge in [0.05, 0.1) is 0 Å². The van der Waals surface area contributed by atoms with E-state index in [1.807, 2.05) is 6.08 Å². The molecule has 0 saturated carbocycles. The van der Waals surface area contributed by atoms with E-state index in [1.165, 1.54) is 5.57 Å². The van der Waals surface area contributed by atoms with E-state index in [0.29, 0.717) is 5.92 Å². The van der Waals surface area contributed by atoms with E-state index < -0.39 is 0 Å². The highest BCUT2D eigenvalue weighted by atomic mass is 15.0. The number of aliphatic imine (C=N–C) groups is 1. The minimum Gasteiger partial charge on any atom is -0.347 e. The van der Waals surface area contributed by atoms with Crippen LogP contribution in [-0.4, -0.2) is 12.9 Å². The third-order valence-corrected chi connectivity index (χ3v) is 2.21. The first kappa shape index (κ1) is 12.7. The van der Waals surface area contributed by atoms with Crippen LogP contribution in [-0.2, 0) is 0 Å². The molecule has 0 aliphatic rings. The molecule has 2 heteroatoms. The van der Waals surface area contributed by atoms with Crippen molar-refractivity contribution in [1.29, 1.82) is 0 Å². The summed E-state index contributed by atoms with van der Waals surface area (Å²) in [4.78, 5) is 4.16. The maximum absolute atomic E-state index is 4.16. The molecule has 0 rings (SSSR count). The first-order valence-electron chi connectivity index (χ1n) is 4.76. The molecule has 0 aliphatic heterocycles. The standard InChI is InChI=1S/C12H20N2/c1-7-11(10(5)9(3)4)12(13-6)14-8-2/h7-9H,1-2H2,3-6H3,(H,13,14)/b11-10+. The Morgan fingerprint density at radius 1 is 1.36 bits per heavy atom. The summed E-state index contributed by atoms with van der Waals surface area (Å²) >= 11 is 0. The van der Waals surface area contributed by atoms with Crippen LogP contribution in [0.15, 0.2) is 41.6 Å². The molecule has 0 atom stereocenters. The van der Waals surface area contributed by atoms with Crippen molar-refractivity contribution < 1.29 is 0 Å². The van der Waals surface area contributed by atoms with Gasteiger partial charge in [-0.15, -0.1) is 0 Å². The second-order valence-electron chi connectivity index (χ2n) is 3.38. The number of rotatable bonds is 4. The van der Waals surface area contributed by atoms with Crippen LogP contribution in [0, 0.1) is 5.92 Å². The van der Waals surface area contributed by atoms with Crippen molar-refractivity contribution >= 4 is 5.84 Å². The van der Waals surface area contributed by atoms with Crippen molar-refractivity contribution in [2.45, 2.75) is 20.8 Å². The van der Waals surface area contributed by atoms with Crippen LogP contribution in [0.2, 0.25) is 0 Å². The summed E-state index contributed by atoms with van der Waals surface area (Å²) in [5.41, 5.74) is 2.33. The van der Waals surface area contributed by atoms with Crippen LogP contribution in [0.1, 0.15) is 20.8 Å². The normalized spacial score (nSPS) is 13.6. The van der Waals surface area contributed by atoms with Gasteiger partial charge < -0.3 is 5.32 Å². The average molecular weight is 192 g/mol. The van der Waals surface area contributed by atoms with Crippen LogP contribution >= 0.6 is 0 Å². The van der Waals surface area contributed by atoms with Crippen molar-refractivity contribution in [2.75, 3.05) is 7.05 Å². The Labute approximate surface area is 87.1 Å². The number of allylic oxidation sites excluding steroid dienone is 1. The minimum atomic E-state index is 0.492. The SMILES string of the molecule is C=CNC(=NC)/C(C=C)=C(\C)C(C)C. The first-order chi connectivity index (χ1) is 6.58. The van der Waals surface area contributed by atoms with Crippen LogP contribution in [0.5, 0.6) is 0 Å². The number of hydrogen-bond acceptors (Lipinski definition) is 1. The van der Waals surface area contributed by atoms with Gasteiger partial charge >= 0.3 is 0 Å². The molecule has 0 amide bonds. The second-order valence-corrected chi connectivity index (χ2v) is 3.38.